The lowest BCUT2D eigenvalue weighted by Gasteiger charge is -2.16. The van der Waals surface area contributed by atoms with Crippen LogP contribution in [0.4, 0.5) is 0 Å². The van der Waals surface area contributed by atoms with Crippen molar-refractivity contribution in [2.45, 2.75) is 25.8 Å². The SMILES string of the molecule is COc1ccc(-c2cc(C(=O)NC(C)CCc3ccccc3)c3ccccc3n2)cc1OC. The van der Waals surface area contributed by atoms with Gasteiger partial charge in [0.15, 0.2) is 11.5 Å². The second-order valence-electron chi connectivity index (χ2n) is 8.04. The number of amides is 1. The number of nitrogens with zero attached hydrogens (tertiary/aromatic N) is 1. The van der Waals surface area contributed by atoms with Gasteiger partial charge in [0, 0.05) is 17.0 Å². The van der Waals surface area contributed by atoms with E-state index in [-0.39, 0.29) is 11.9 Å². The fourth-order valence-electron chi connectivity index (χ4n) is 3.91. The van der Waals surface area contributed by atoms with Crippen LogP contribution in [0.25, 0.3) is 22.2 Å². The van der Waals surface area contributed by atoms with Crippen molar-refractivity contribution in [3.05, 3.63) is 90.0 Å². The first-order valence-electron chi connectivity index (χ1n) is 11.1. The topological polar surface area (TPSA) is 60.5 Å². The molecule has 1 atom stereocenters. The summed E-state index contributed by atoms with van der Waals surface area (Å²) in [6.45, 7) is 2.04. The highest BCUT2D eigenvalue weighted by Crippen LogP contribution is 2.33. The number of rotatable bonds is 8. The van der Waals surface area contributed by atoms with Crippen LogP contribution < -0.4 is 14.8 Å². The van der Waals surface area contributed by atoms with Gasteiger partial charge < -0.3 is 14.8 Å². The van der Waals surface area contributed by atoms with E-state index in [2.05, 4.69) is 17.4 Å². The summed E-state index contributed by atoms with van der Waals surface area (Å²) >= 11 is 0. The Balaban J connectivity index is 1.62. The number of aromatic nitrogens is 1. The van der Waals surface area contributed by atoms with Crippen molar-refractivity contribution >= 4 is 16.8 Å². The lowest BCUT2D eigenvalue weighted by molar-refractivity contribution is 0.0940. The van der Waals surface area contributed by atoms with Gasteiger partial charge in [0.2, 0.25) is 0 Å². The Labute approximate surface area is 194 Å². The van der Waals surface area contributed by atoms with Crippen molar-refractivity contribution in [1.82, 2.24) is 10.3 Å². The van der Waals surface area contributed by atoms with Gasteiger partial charge >= 0.3 is 0 Å². The molecule has 1 N–H and O–H groups in total. The van der Waals surface area contributed by atoms with E-state index in [1.54, 1.807) is 14.2 Å². The molecule has 4 rings (SSSR count). The zero-order valence-corrected chi connectivity index (χ0v) is 19.2. The monoisotopic (exact) mass is 440 g/mol. The van der Waals surface area contributed by atoms with Crippen molar-refractivity contribution in [2.75, 3.05) is 14.2 Å². The Morgan fingerprint density at radius 3 is 2.39 bits per heavy atom. The van der Waals surface area contributed by atoms with Gasteiger partial charge in [-0.2, -0.15) is 0 Å². The second kappa shape index (κ2) is 10.2. The molecule has 0 saturated heterocycles. The second-order valence-corrected chi connectivity index (χ2v) is 8.04. The third-order valence-electron chi connectivity index (χ3n) is 5.73. The molecule has 1 unspecified atom stereocenters. The van der Waals surface area contributed by atoms with E-state index in [1.165, 1.54) is 5.56 Å². The smallest absolute Gasteiger partial charge is 0.252 e. The lowest BCUT2D eigenvalue weighted by Crippen LogP contribution is -2.33. The largest absolute Gasteiger partial charge is 0.493 e. The van der Waals surface area contributed by atoms with Crippen molar-refractivity contribution in [2.24, 2.45) is 0 Å². The summed E-state index contributed by atoms with van der Waals surface area (Å²) in [5, 5.41) is 3.99. The van der Waals surface area contributed by atoms with Gasteiger partial charge in [0.05, 0.1) is 31.0 Å². The van der Waals surface area contributed by atoms with Gasteiger partial charge in [-0.1, -0.05) is 48.5 Å². The summed E-state index contributed by atoms with van der Waals surface area (Å²) < 4.78 is 10.8. The highest BCUT2D eigenvalue weighted by atomic mass is 16.5. The third kappa shape index (κ3) is 5.14. The summed E-state index contributed by atoms with van der Waals surface area (Å²) in [5.74, 6) is 1.16. The maximum atomic E-state index is 13.3. The molecule has 0 saturated carbocycles. The quantitative estimate of drug-likeness (QED) is 0.383. The number of hydrogen-bond acceptors (Lipinski definition) is 4. The van der Waals surface area contributed by atoms with Crippen LogP contribution in [0.3, 0.4) is 0 Å². The Morgan fingerprint density at radius 1 is 0.909 bits per heavy atom. The molecule has 3 aromatic carbocycles. The molecule has 1 aromatic heterocycles. The maximum absolute atomic E-state index is 13.3. The van der Waals surface area contributed by atoms with Crippen molar-refractivity contribution < 1.29 is 14.3 Å². The number of pyridine rings is 1. The molecule has 1 amide bonds. The average molecular weight is 441 g/mol. The summed E-state index contributed by atoms with van der Waals surface area (Å²) in [6.07, 6.45) is 1.78. The number of nitrogens with one attached hydrogen (secondary N) is 1. The first-order chi connectivity index (χ1) is 16.1. The standard InChI is InChI=1S/C28H28N2O3/c1-19(13-14-20-9-5-4-6-10-20)29-28(31)23-18-25(30-24-12-8-7-11-22(23)24)21-15-16-26(32-2)27(17-21)33-3/h4-12,15-19H,13-14H2,1-3H3,(H,29,31). The molecule has 5 nitrogen and oxygen atoms in total. The number of fused-ring (bicyclic) bond motifs is 1. The molecule has 0 aliphatic heterocycles. The van der Waals surface area contributed by atoms with Crippen LogP contribution in [0, 0.1) is 0 Å². The molecular formula is C28H28N2O3. The molecule has 0 bridgehead atoms. The van der Waals surface area contributed by atoms with Gasteiger partial charge in [-0.25, -0.2) is 4.98 Å². The molecule has 0 radical (unpaired) electrons. The van der Waals surface area contributed by atoms with Gasteiger partial charge in [-0.15, -0.1) is 0 Å². The van der Waals surface area contributed by atoms with Crippen LogP contribution in [-0.4, -0.2) is 31.2 Å². The van der Waals surface area contributed by atoms with E-state index < -0.39 is 0 Å². The number of ether oxygens (including phenoxy) is 2. The van der Waals surface area contributed by atoms with E-state index in [4.69, 9.17) is 14.5 Å². The molecule has 0 aliphatic carbocycles. The Kier molecular flexibility index (Phi) is 6.89. The zero-order valence-electron chi connectivity index (χ0n) is 19.2. The first-order valence-corrected chi connectivity index (χ1v) is 11.1. The van der Waals surface area contributed by atoms with Crippen LogP contribution >= 0.6 is 0 Å². The molecule has 4 aromatic rings. The number of hydrogen-bond donors (Lipinski definition) is 1. The minimum absolute atomic E-state index is 0.0363. The first kappa shape index (κ1) is 22.3. The molecule has 1 heterocycles. The number of para-hydroxylation sites is 1. The minimum atomic E-state index is -0.101. The highest BCUT2D eigenvalue weighted by Gasteiger charge is 2.17. The Bertz CT molecular complexity index is 1250. The van der Waals surface area contributed by atoms with Crippen LogP contribution in [0.2, 0.25) is 0 Å². The Morgan fingerprint density at radius 2 is 1.64 bits per heavy atom. The Hall–Kier alpha value is -3.86. The number of carbonyl (C=O) groups is 1. The molecule has 0 spiro atoms. The predicted molar refractivity (Wildman–Crippen MR) is 132 cm³/mol. The summed E-state index contributed by atoms with van der Waals surface area (Å²) in [4.78, 5) is 18.1. The van der Waals surface area contributed by atoms with Gasteiger partial charge in [0.1, 0.15) is 0 Å². The van der Waals surface area contributed by atoms with E-state index in [1.807, 2.05) is 73.7 Å². The maximum Gasteiger partial charge on any atom is 0.252 e. The van der Waals surface area contributed by atoms with Crippen LogP contribution in [-0.2, 0) is 6.42 Å². The van der Waals surface area contributed by atoms with Crippen molar-refractivity contribution in [1.29, 1.82) is 0 Å². The predicted octanol–water partition coefficient (Wildman–Crippen LogP) is 5.67. The van der Waals surface area contributed by atoms with Crippen LogP contribution in [0.5, 0.6) is 11.5 Å². The van der Waals surface area contributed by atoms with Gasteiger partial charge in [-0.3, -0.25) is 4.79 Å². The van der Waals surface area contributed by atoms with E-state index in [0.29, 0.717) is 22.8 Å². The molecular weight excluding hydrogens is 412 g/mol. The highest BCUT2D eigenvalue weighted by molar-refractivity contribution is 6.07. The summed E-state index contributed by atoms with van der Waals surface area (Å²) in [7, 11) is 3.21. The summed E-state index contributed by atoms with van der Waals surface area (Å²) in [5.41, 5.74) is 4.20. The minimum Gasteiger partial charge on any atom is -0.493 e. The van der Waals surface area contributed by atoms with E-state index in [0.717, 1.165) is 29.3 Å². The number of benzene rings is 3. The molecule has 0 fully saturated rings. The van der Waals surface area contributed by atoms with Crippen molar-refractivity contribution in [3.63, 3.8) is 0 Å². The van der Waals surface area contributed by atoms with Crippen molar-refractivity contribution in [3.8, 4) is 22.8 Å². The molecule has 0 aliphatic rings. The third-order valence-corrected chi connectivity index (χ3v) is 5.73. The summed E-state index contributed by atoms with van der Waals surface area (Å²) in [6, 6.07) is 25.6. The van der Waals surface area contributed by atoms with E-state index >= 15 is 0 Å². The lowest BCUT2D eigenvalue weighted by atomic mass is 10.0. The number of aryl methyl sites for hydroxylation is 1. The van der Waals surface area contributed by atoms with Gasteiger partial charge in [-0.05, 0) is 55.7 Å². The van der Waals surface area contributed by atoms with Crippen LogP contribution in [0.15, 0.2) is 78.9 Å². The number of methoxy groups -OCH3 is 2. The normalized spacial score (nSPS) is 11.7. The average Bonchev–Trinajstić information content (AvgIpc) is 2.86. The van der Waals surface area contributed by atoms with Gasteiger partial charge in [0.25, 0.3) is 5.91 Å². The molecule has 33 heavy (non-hydrogen) atoms. The number of carbonyl (C=O) groups excluding carboxylic acids is 1. The van der Waals surface area contributed by atoms with E-state index in [9.17, 15) is 4.79 Å². The fraction of sp³-hybridized carbons (Fsp3) is 0.214. The van der Waals surface area contributed by atoms with Crippen LogP contribution in [0.1, 0.15) is 29.3 Å². The fourth-order valence-corrected chi connectivity index (χ4v) is 3.91. The molecule has 5 heteroatoms. The molecule has 168 valence electrons. The zero-order chi connectivity index (χ0) is 23.2.